The lowest BCUT2D eigenvalue weighted by molar-refractivity contribution is -0.133. The fourth-order valence-electron chi connectivity index (χ4n) is 3.01. The zero-order valence-electron chi connectivity index (χ0n) is 15.7. The number of hydrogen-bond donors (Lipinski definition) is 1. The molecular weight excluding hydrogens is 366 g/mol. The average Bonchev–Trinajstić information content (AvgIpc) is 3.17. The van der Waals surface area contributed by atoms with Crippen LogP contribution < -0.4 is 4.74 Å². The minimum Gasteiger partial charge on any atom is -0.496 e. The van der Waals surface area contributed by atoms with E-state index in [1.54, 1.807) is 29.0 Å². The third-order valence-corrected chi connectivity index (χ3v) is 4.63. The first kappa shape index (κ1) is 19.3. The minimum absolute atomic E-state index is 0.0939. The Bertz CT molecular complexity index is 902. The van der Waals surface area contributed by atoms with Gasteiger partial charge in [-0.15, -0.1) is 5.10 Å². The molecule has 2 heterocycles. The van der Waals surface area contributed by atoms with Gasteiger partial charge in [0.15, 0.2) is 5.69 Å². The second kappa shape index (κ2) is 8.07. The second-order valence-corrected chi connectivity index (χ2v) is 6.46. The van der Waals surface area contributed by atoms with Crippen molar-refractivity contribution in [3.05, 3.63) is 41.2 Å². The maximum absolute atomic E-state index is 12.7. The van der Waals surface area contributed by atoms with Crippen molar-refractivity contribution >= 4 is 17.8 Å². The summed E-state index contributed by atoms with van der Waals surface area (Å²) in [5.74, 6) is -0.842. The zero-order chi connectivity index (χ0) is 20.3. The summed E-state index contributed by atoms with van der Waals surface area (Å²) in [6, 6.07) is 5.33. The number of carbonyl (C=O) groups is 3. The van der Waals surface area contributed by atoms with Crippen molar-refractivity contribution < 1.29 is 24.2 Å². The third-order valence-electron chi connectivity index (χ3n) is 4.63. The Kier molecular flexibility index (Phi) is 5.57. The Morgan fingerprint density at radius 1 is 1.14 bits per heavy atom. The summed E-state index contributed by atoms with van der Waals surface area (Å²) in [5, 5.41) is 16.0. The number of hydrogen-bond acceptors (Lipinski definition) is 6. The van der Waals surface area contributed by atoms with Gasteiger partial charge in [-0.3, -0.25) is 9.59 Å². The standard InChI is InChI=1S/C18H21N5O5/c1-12-3-4-13(9-15(12)28-2)17(25)22-7-5-21(6-8-22)16(24)11-23-10-14(18(26)27)19-20-23/h3-4,9-10H,5-8,11H2,1-2H3,(H,26,27). The number of piperazine rings is 1. The number of carbonyl (C=O) groups excluding carboxylic acids is 2. The summed E-state index contributed by atoms with van der Waals surface area (Å²) in [5.41, 5.74) is 1.29. The molecule has 0 spiro atoms. The largest absolute Gasteiger partial charge is 0.496 e. The number of rotatable bonds is 5. The highest BCUT2D eigenvalue weighted by atomic mass is 16.5. The topological polar surface area (TPSA) is 118 Å². The molecule has 1 aliphatic heterocycles. The predicted molar refractivity (Wildman–Crippen MR) is 97.2 cm³/mol. The molecule has 0 atom stereocenters. The van der Waals surface area contributed by atoms with Crippen LogP contribution in [0.5, 0.6) is 5.75 Å². The van der Waals surface area contributed by atoms with Gasteiger partial charge in [0.05, 0.1) is 13.3 Å². The molecule has 1 saturated heterocycles. The molecule has 0 unspecified atom stereocenters. The quantitative estimate of drug-likeness (QED) is 0.783. The monoisotopic (exact) mass is 387 g/mol. The Labute approximate surface area is 161 Å². The van der Waals surface area contributed by atoms with Gasteiger partial charge in [0.25, 0.3) is 5.91 Å². The lowest BCUT2D eigenvalue weighted by Crippen LogP contribution is -2.51. The van der Waals surface area contributed by atoms with Crippen molar-refractivity contribution in [3.63, 3.8) is 0 Å². The molecule has 0 aliphatic carbocycles. The number of nitrogens with zero attached hydrogens (tertiary/aromatic N) is 5. The predicted octanol–water partition coefficient (Wildman–Crippen LogP) is 0.278. The highest BCUT2D eigenvalue weighted by Gasteiger charge is 2.25. The number of ether oxygens (including phenoxy) is 1. The molecule has 1 fully saturated rings. The highest BCUT2D eigenvalue weighted by molar-refractivity contribution is 5.95. The number of benzene rings is 1. The molecule has 10 nitrogen and oxygen atoms in total. The second-order valence-electron chi connectivity index (χ2n) is 6.46. The Morgan fingerprint density at radius 3 is 2.43 bits per heavy atom. The minimum atomic E-state index is -1.20. The van der Waals surface area contributed by atoms with Crippen LogP contribution in [-0.4, -0.2) is 81.0 Å². The molecule has 3 rings (SSSR count). The van der Waals surface area contributed by atoms with E-state index in [0.29, 0.717) is 37.5 Å². The molecule has 1 aliphatic rings. The van der Waals surface area contributed by atoms with Crippen molar-refractivity contribution in [1.82, 2.24) is 24.8 Å². The molecular formula is C18H21N5O5. The summed E-state index contributed by atoms with van der Waals surface area (Å²) < 4.78 is 6.47. The fraction of sp³-hybridized carbons (Fsp3) is 0.389. The van der Waals surface area contributed by atoms with Crippen molar-refractivity contribution in [2.24, 2.45) is 0 Å². The SMILES string of the molecule is COc1cc(C(=O)N2CCN(C(=O)Cn3cc(C(=O)O)nn3)CC2)ccc1C. The van der Waals surface area contributed by atoms with Crippen molar-refractivity contribution in [3.8, 4) is 5.75 Å². The maximum Gasteiger partial charge on any atom is 0.358 e. The average molecular weight is 387 g/mol. The smallest absolute Gasteiger partial charge is 0.358 e. The van der Waals surface area contributed by atoms with Gasteiger partial charge in [-0.05, 0) is 24.6 Å². The number of aryl methyl sites for hydroxylation is 1. The first-order valence-corrected chi connectivity index (χ1v) is 8.74. The van der Waals surface area contributed by atoms with Gasteiger partial charge < -0.3 is 19.6 Å². The molecule has 10 heteroatoms. The van der Waals surface area contributed by atoms with Crippen LogP contribution in [0.2, 0.25) is 0 Å². The van der Waals surface area contributed by atoms with E-state index in [1.807, 2.05) is 13.0 Å². The maximum atomic E-state index is 12.7. The number of carboxylic acid groups (broad SMARTS) is 1. The molecule has 1 aromatic heterocycles. The zero-order valence-corrected chi connectivity index (χ0v) is 15.7. The highest BCUT2D eigenvalue weighted by Crippen LogP contribution is 2.20. The van der Waals surface area contributed by atoms with E-state index >= 15 is 0 Å². The van der Waals surface area contributed by atoms with Crippen molar-refractivity contribution in [1.29, 1.82) is 0 Å². The number of carboxylic acids is 1. The summed E-state index contributed by atoms with van der Waals surface area (Å²) in [4.78, 5) is 39.2. The molecule has 1 N–H and O–H groups in total. The Morgan fingerprint density at radius 2 is 1.82 bits per heavy atom. The van der Waals surface area contributed by atoms with E-state index < -0.39 is 5.97 Å². The summed E-state index contributed by atoms with van der Waals surface area (Å²) in [7, 11) is 1.56. The first-order valence-electron chi connectivity index (χ1n) is 8.74. The Hall–Kier alpha value is -3.43. The van der Waals surface area contributed by atoms with Crippen LogP contribution in [0.1, 0.15) is 26.4 Å². The number of amides is 2. The molecule has 0 radical (unpaired) electrons. The van der Waals surface area contributed by atoms with Crippen LogP contribution in [0.4, 0.5) is 0 Å². The molecule has 28 heavy (non-hydrogen) atoms. The molecule has 0 saturated carbocycles. The van der Waals surface area contributed by atoms with Gasteiger partial charge in [-0.2, -0.15) is 0 Å². The van der Waals surface area contributed by atoms with Crippen LogP contribution in [-0.2, 0) is 11.3 Å². The van der Waals surface area contributed by atoms with Crippen molar-refractivity contribution in [2.75, 3.05) is 33.3 Å². The van der Waals surface area contributed by atoms with Gasteiger partial charge in [0, 0.05) is 31.7 Å². The Balaban J connectivity index is 1.56. The number of methoxy groups -OCH3 is 1. The molecule has 1 aromatic carbocycles. The van der Waals surface area contributed by atoms with Crippen LogP contribution >= 0.6 is 0 Å². The molecule has 2 aromatic rings. The van der Waals surface area contributed by atoms with Crippen LogP contribution in [0.25, 0.3) is 0 Å². The third kappa shape index (κ3) is 4.11. The fourth-order valence-corrected chi connectivity index (χ4v) is 3.01. The van der Waals surface area contributed by atoms with E-state index in [1.165, 1.54) is 10.9 Å². The lowest BCUT2D eigenvalue weighted by atomic mass is 10.1. The van der Waals surface area contributed by atoms with E-state index in [9.17, 15) is 14.4 Å². The molecule has 148 valence electrons. The van der Waals surface area contributed by atoms with E-state index in [4.69, 9.17) is 9.84 Å². The summed E-state index contributed by atoms with van der Waals surface area (Å²) in [6.45, 7) is 3.44. The van der Waals surface area contributed by atoms with Gasteiger partial charge in [-0.1, -0.05) is 11.3 Å². The normalized spacial score (nSPS) is 14.1. The van der Waals surface area contributed by atoms with Crippen LogP contribution in [0.15, 0.2) is 24.4 Å². The van der Waals surface area contributed by atoms with E-state index in [0.717, 1.165) is 5.56 Å². The number of aromatic nitrogens is 3. The molecule has 0 bridgehead atoms. The van der Waals surface area contributed by atoms with Crippen LogP contribution in [0, 0.1) is 6.92 Å². The van der Waals surface area contributed by atoms with Gasteiger partial charge in [0.2, 0.25) is 5.91 Å². The first-order chi connectivity index (χ1) is 13.4. The summed E-state index contributed by atoms with van der Waals surface area (Å²) in [6.07, 6.45) is 1.21. The van der Waals surface area contributed by atoms with E-state index in [2.05, 4.69) is 10.3 Å². The van der Waals surface area contributed by atoms with Gasteiger partial charge >= 0.3 is 5.97 Å². The van der Waals surface area contributed by atoms with E-state index in [-0.39, 0.29) is 24.1 Å². The van der Waals surface area contributed by atoms with Crippen LogP contribution in [0.3, 0.4) is 0 Å². The van der Waals surface area contributed by atoms with Gasteiger partial charge in [0.1, 0.15) is 12.3 Å². The summed E-state index contributed by atoms with van der Waals surface area (Å²) >= 11 is 0. The lowest BCUT2D eigenvalue weighted by Gasteiger charge is -2.34. The van der Waals surface area contributed by atoms with Crippen molar-refractivity contribution in [2.45, 2.75) is 13.5 Å². The number of aromatic carboxylic acids is 1. The molecule has 2 amide bonds. The van der Waals surface area contributed by atoms with Gasteiger partial charge in [-0.25, -0.2) is 9.48 Å².